The van der Waals surface area contributed by atoms with Crippen molar-refractivity contribution in [3.05, 3.63) is 60.8 Å². The first-order valence-electron chi connectivity index (χ1n) is 10.8. The summed E-state index contributed by atoms with van der Waals surface area (Å²) in [6.07, 6.45) is 4.91. The third-order valence-electron chi connectivity index (χ3n) is 5.50. The Morgan fingerprint density at radius 3 is 2.76 bits per heavy atom. The lowest BCUT2D eigenvalue weighted by atomic mass is 10.2. The summed E-state index contributed by atoms with van der Waals surface area (Å²) in [5.41, 5.74) is 4.96. The summed E-state index contributed by atoms with van der Waals surface area (Å²) in [6, 6.07) is 11.7. The molecular weight excluding hydrogens is 432 g/mol. The summed E-state index contributed by atoms with van der Waals surface area (Å²) in [4.78, 5) is 23.7. The standard InChI is InChI=1S/C24H24N8O2/c1-15-10-16(4-7-21(15)34-17-5-6-20-18(11-17)28-14-32(20)3)29-23-22-19(26-13-27-23)12-25-24(30-22)31(2)8-9-33/h4-7,10-14,33H,8-9H2,1-3H3,(H,26,27,29). The fourth-order valence-corrected chi connectivity index (χ4v) is 3.65. The molecule has 0 fully saturated rings. The Hall–Kier alpha value is -4.31. The number of likely N-dealkylation sites (N-methyl/N-ethyl adjacent to an activating group) is 1. The second kappa shape index (κ2) is 8.91. The molecule has 0 aliphatic heterocycles. The maximum Gasteiger partial charge on any atom is 0.225 e. The van der Waals surface area contributed by atoms with E-state index in [1.54, 1.807) is 17.4 Å². The van der Waals surface area contributed by atoms with Gasteiger partial charge in [0.2, 0.25) is 5.95 Å². The minimum absolute atomic E-state index is 0.0116. The normalized spacial score (nSPS) is 11.2. The molecule has 0 radical (unpaired) electrons. The van der Waals surface area contributed by atoms with Crippen molar-refractivity contribution in [3.8, 4) is 11.5 Å². The summed E-state index contributed by atoms with van der Waals surface area (Å²) >= 11 is 0. The van der Waals surface area contributed by atoms with Gasteiger partial charge < -0.3 is 24.6 Å². The van der Waals surface area contributed by atoms with Gasteiger partial charge in [-0.1, -0.05) is 0 Å². The van der Waals surface area contributed by atoms with E-state index in [0.717, 1.165) is 33.8 Å². The quantitative estimate of drug-likeness (QED) is 0.379. The lowest BCUT2D eigenvalue weighted by Gasteiger charge is -2.16. The van der Waals surface area contributed by atoms with Gasteiger partial charge in [0.15, 0.2) is 5.82 Å². The molecule has 0 unspecified atom stereocenters. The third-order valence-corrected chi connectivity index (χ3v) is 5.50. The van der Waals surface area contributed by atoms with Crippen molar-refractivity contribution < 1.29 is 9.84 Å². The van der Waals surface area contributed by atoms with Crippen LogP contribution in [0, 0.1) is 6.92 Å². The van der Waals surface area contributed by atoms with Gasteiger partial charge >= 0.3 is 0 Å². The number of benzene rings is 2. The van der Waals surface area contributed by atoms with Crippen LogP contribution in [-0.4, -0.2) is 54.8 Å². The number of hydrogen-bond acceptors (Lipinski definition) is 9. The molecule has 10 nitrogen and oxygen atoms in total. The molecule has 172 valence electrons. The van der Waals surface area contributed by atoms with Crippen LogP contribution in [0.5, 0.6) is 11.5 Å². The molecular formula is C24H24N8O2. The first kappa shape index (κ1) is 21.5. The van der Waals surface area contributed by atoms with Crippen LogP contribution in [0.1, 0.15) is 5.56 Å². The van der Waals surface area contributed by atoms with Gasteiger partial charge in [-0.3, -0.25) is 0 Å². The highest BCUT2D eigenvalue weighted by molar-refractivity contribution is 5.87. The van der Waals surface area contributed by atoms with Crippen LogP contribution >= 0.6 is 0 Å². The Labute approximate surface area is 195 Å². The molecule has 0 bridgehead atoms. The second-order valence-electron chi connectivity index (χ2n) is 7.98. The van der Waals surface area contributed by atoms with Crippen molar-refractivity contribution in [2.45, 2.75) is 6.92 Å². The molecule has 10 heteroatoms. The van der Waals surface area contributed by atoms with Crippen molar-refractivity contribution in [3.63, 3.8) is 0 Å². The number of aliphatic hydroxyl groups is 1. The molecule has 0 saturated carbocycles. The van der Waals surface area contributed by atoms with Crippen LogP contribution in [0.4, 0.5) is 17.5 Å². The Bertz CT molecular complexity index is 1480. The lowest BCUT2D eigenvalue weighted by molar-refractivity contribution is 0.303. The van der Waals surface area contributed by atoms with E-state index in [2.05, 4.69) is 30.2 Å². The summed E-state index contributed by atoms with van der Waals surface area (Å²) in [6.45, 7) is 2.43. The van der Waals surface area contributed by atoms with E-state index in [1.165, 1.54) is 6.33 Å². The fraction of sp³-hybridized carbons (Fsp3) is 0.208. The molecule has 0 saturated heterocycles. The van der Waals surface area contributed by atoms with Crippen LogP contribution in [0.15, 0.2) is 55.2 Å². The number of hydrogen-bond donors (Lipinski definition) is 2. The first-order valence-corrected chi connectivity index (χ1v) is 10.8. The Balaban J connectivity index is 1.39. The largest absolute Gasteiger partial charge is 0.457 e. The van der Waals surface area contributed by atoms with E-state index in [9.17, 15) is 5.11 Å². The predicted octanol–water partition coefficient (Wildman–Crippen LogP) is 3.58. The highest BCUT2D eigenvalue weighted by Crippen LogP contribution is 2.30. The summed E-state index contributed by atoms with van der Waals surface area (Å²) < 4.78 is 8.09. The van der Waals surface area contributed by atoms with Gasteiger partial charge in [0.25, 0.3) is 0 Å². The highest BCUT2D eigenvalue weighted by atomic mass is 16.5. The predicted molar refractivity (Wildman–Crippen MR) is 131 cm³/mol. The van der Waals surface area contributed by atoms with Gasteiger partial charge in [-0.2, -0.15) is 0 Å². The average Bonchev–Trinajstić information content (AvgIpc) is 3.21. The molecule has 0 atom stereocenters. The number of nitrogens with one attached hydrogen (secondary N) is 1. The van der Waals surface area contributed by atoms with E-state index < -0.39 is 0 Å². The number of nitrogens with zero attached hydrogens (tertiary/aromatic N) is 7. The van der Waals surface area contributed by atoms with E-state index >= 15 is 0 Å². The Morgan fingerprint density at radius 2 is 1.94 bits per heavy atom. The minimum Gasteiger partial charge on any atom is -0.457 e. The van der Waals surface area contributed by atoms with Gasteiger partial charge in [-0.15, -0.1) is 0 Å². The van der Waals surface area contributed by atoms with Crippen LogP contribution in [0.2, 0.25) is 0 Å². The molecule has 0 spiro atoms. The number of aromatic nitrogens is 6. The number of anilines is 3. The fourth-order valence-electron chi connectivity index (χ4n) is 3.65. The first-order chi connectivity index (χ1) is 16.5. The van der Waals surface area contributed by atoms with Crippen molar-refractivity contribution in [2.75, 3.05) is 30.4 Å². The summed E-state index contributed by atoms with van der Waals surface area (Å²) in [5.74, 6) is 2.54. The third kappa shape index (κ3) is 4.18. The molecule has 3 heterocycles. The topological polar surface area (TPSA) is 114 Å². The number of rotatable bonds is 7. The minimum atomic E-state index is 0.0116. The maximum atomic E-state index is 9.20. The van der Waals surface area contributed by atoms with E-state index in [0.29, 0.717) is 29.3 Å². The number of imidazole rings is 1. The smallest absolute Gasteiger partial charge is 0.225 e. The SMILES string of the molecule is Cc1cc(Nc2ncnc3cnc(N(C)CCO)nc23)ccc1Oc1ccc2c(c1)ncn2C. The maximum absolute atomic E-state index is 9.20. The molecule has 0 aliphatic carbocycles. The lowest BCUT2D eigenvalue weighted by Crippen LogP contribution is -2.23. The van der Waals surface area contributed by atoms with Crippen molar-refractivity contribution in [2.24, 2.45) is 7.05 Å². The van der Waals surface area contributed by atoms with Gasteiger partial charge in [-0.25, -0.2) is 24.9 Å². The number of aliphatic hydroxyl groups excluding tert-OH is 1. The highest BCUT2D eigenvalue weighted by Gasteiger charge is 2.12. The van der Waals surface area contributed by atoms with Gasteiger partial charge in [-0.05, 0) is 42.8 Å². The van der Waals surface area contributed by atoms with E-state index in [-0.39, 0.29) is 6.61 Å². The number of ether oxygens (including phenoxy) is 1. The van der Waals surface area contributed by atoms with Crippen LogP contribution in [-0.2, 0) is 7.05 Å². The van der Waals surface area contributed by atoms with Gasteiger partial charge in [0.1, 0.15) is 28.9 Å². The molecule has 5 aromatic rings. The van der Waals surface area contributed by atoms with E-state index in [1.807, 2.05) is 62.0 Å². The molecule has 2 aromatic carbocycles. The molecule has 5 rings (SSSR count). The molecule has 3 aromatic heterocycles. The summed E-state index contributed by atoms with van der Waals surface area (Å²) in [5, 5.41) is 12.5. The number of fused-ring (bicyclic) bond motifs is 2. The van der Waals surface area contributed by atoms with Crippen LogP contribution in [0.3, 0.4) is 0 Å². The van der Waals surface area contributed by atoms with Gasteiger partial charge in [0.05, 0.1) is 30.2 Å². The van der Waals surface area contributed by atoms with E-state index in [4.69, 9.17) is 4.74 Å². The zero-order valence-electron chi connectivity index (χ0n) is 19.1. The van der Waals surface area contributed by atoms with Crippen molar-refractivity contribution >= 4 is 39.5 Å². The average molecular weight is 457 g/mol. The molecule has 0 amide bonds. The molecule has 34 heavy (non-hydrogen) atoms. The summed E-state index contributed by atoms with van der Waals surface area (Å²) in [7, 11) is 3.79. The Morgan fingerprint density at radius 1 is 1.06 bits per heavy atom. The monoisotopic (exact) mass is 456 g/mol. The Kier molecular flexibility index (Phi) is 5.64. The zero-order valence-corrected chi connectivity index (χ0v) is 19.1. The van der Waals surface area contributed by atoms with Crippen molar-refractivity contribution in [1.29, 1.82) is 0 Å². The molecule has 2 N–H and O–H groups in total. The van der Waals surface area contributed by atoms with Crippen LogP contribution < -0.4 is 15.0 Å². The second-order valence-corrected chi connectivity index (χ2v) is 7.98. The van der Waals surface area contributed by atoms with Crippen molar-refractivity contribution in [1.82, 2.24) is 29.5 Å². The van der Waals surface area contributed by atoms with Crippen LogP contribution in [0.25, 0.3) is 22.1 Å². The molecule has 0 aliphatic rings. The van der Waals surface area contributed by atoms with Gasteiger partial charge in [0, 0.05) is 32.4 Å². The number of aryl methyl sites for hydroxylation is 2. The zero-order chi connectivity index (χ0) is 23.7.